The zero-order valence-electron chi connectivity index (χ0n) is 22.5. The van der Waals surface area contributed by atoms with E-state index in [0.29, 0.717) is 0 Å². The van der Waals surface area contributed by atoms with E-state index < -0.39 is 5.41 Å². The van der Waals surface area contributed by atoms with E-state index in [1.54, 1.807) is 0 Å². The van der Waals surface area contributed by atoms with E-state index in [-0.39, 0.29) is 12.2 Å². The zero-order valence-corrected chi connectivity index (χ0v) is 22.5. The van der Waals surface area contributed by atoms with E-state index in [1.807, 2.05) is 0 Å². The standard InChI is InChI=1S/C39H28N2/c1-4-14-26(15-5-1)36-38(40-36)41-34-23-13-11-21-30(34)32-25-24-31-29-20-10-12-22-33(29)39(35(31)37(32)41,27-16-6-2-7-17-27)28-18-8-3-9-19-28/h1-25,36,38,40H. The highest BCUT2D eigenvalue weighted by Gasteiger charge is 2.49. The Morgan fingerprint density at radius 3 is 1.85 bits per heavy atom. The van der Waals surface area contributed by atoms with Crippen LogP contribution in [0.15, 0.2) is 152 Å². The molecule has 1 saturated heterocycles. The van der Waals surface area contributed by atoms with Gasteiger partial charge in [0, 0.05) is 16.3 Å². The lowest BCUT2D eigenvalue weighted by molar-refractivity contribution is 0.733. The lowest BCUT2D eigenvalue weighted by Crippen LogP contribution is -2.29. The maximum Gasteiger partial charge on any atom is 0.105 e. The van der Waals surface area contributed by atoms with Crippen molar-refractivity contribution in [2.24, 2.45) is 0 Å². The third-order valence-electron chi connectivity index (χ3n) is 9.28. The minimum absolute atomic E-state index is 0.180. The predicted molar refractivity (Wildman–Crippen MR) is 168 cm³/mol. The van der Waals surface area contributed by atoms with Crippen LogP contribution in [0.2, 0.25) is 0 Å². The normalized spacial score (nSPS) is 18.3. The number of fused-ring (bicyclic) bond motifs is 7. The molecule has 0 spiro atoms. The summed E-state index contributed by atoms with van der Waals surface area (Å²) in [5.74, 6) is 0. The number of nitrogens with zero attached hydrogens (tertiary/aromatic N) is 1. The van der Waals surface area contributed by atoms with Gasteiger partial charge in [0.25, 0.3) is 0 Å². The van der Waals surface area contributed by atoms with Crippen molar-refractivity contribution >= 4 is 21.8 Å². The van der Waals surface area contributed by atoms with E-state index in [9.17, 15) is 0 Å². The van der Waals surface area contributed by atoms with Gasteiger partial charge in [-0.3, -0.25) is 5.32 Å². The molecule has 6 aromatic carbocycles. The molecule has 2 heteroatoms. The highest BCUT2D eigenvalue weighted by atomic mass is 15.3. The van der Waals surface area contributed by atoms with Gasteiger partial charge < -0.3 is 4.57 Å². The van der Waals surface area contributed by atoms with Crippen molar-refractivity contribution in [2.75, 3.05) is 0 Å². The molecule has 2 heterocycles. The molecule has 2 unspecified atom stereocenters. The first-order valence-corrected chi connectivity index (χ1v) is 14.5. The van der Waals surface area contributed by atoms with Gasteiger partial charge in [-0.2, -0.15) is 0 Å². The fraction of sp³-hybridized carbons (Fsp3) is 0.0769. The fourth-order valence-electron chi connectivity index (χ4n) is 7.60. The molecule has 2 atom stereocenters. The molecule has 1 aliphatic carbocycles. The van der Waals surface area contributed by atoms with Crippen LogP contribution in [-0.4, -0.2) is 4.57 Å². The summed E-state index contributed by atoms with van der Waals surface area (Å²) in [5, 5.41) is 6.47. The summed E-state index contributed by atoms with van der Waals surface area (Å²) in [6.45, 7) is 0. The van der Waals surface area contributed by atoms with E-state index in [1.165, 1.54) is 60.8 Å². The van der Waals surface area contributed by atoms with Crippen molar-refractivity contribution in [2.45, 2.75) is 17.6 Å². The van der Waals surface area contributed by atoms with Gasteiger partial charge >= 0.3 is 0 Å². The number of aromatic nitrogens is 1. The minimum Gasteiger partial charge on any atom is -0.322 e. The molecule has 1 N–H and O–H groups in total. The van der Waals surface area contributed by atoms with Gasteiger partial charge in [-0.05, 0) is 39.4 Å². The summed E-state index contributed by atoms with van der Waals surface area (Å²) in [4.78, 5) is 0. The Morgan fingerprint density at radius 2 is 1.12 bits per heavy atom. The molecular weight excluding hydrogens is 496 g/mol. The van der Waals surface area contributed by atoms with Crippen LogP contribution >= 0.6 is 0 Å². The summed E-state index contributed by atoms with van der Waals surface area (Å²) in [6.07, 6.45) is 0.180. The lowest BCUT2D eigenvalue weighted by Gasteiger charge is -2.34. The Hall–Kier alpha value is -4.92. The van der Waals surface area contributed by atoms with E-state index in [0.717, 1.165) is 0 Å². The first-order chi connectivity index (χ1) is 20.4. The van der Waals surface area contributed by atoms with Crippen LogP contribution in [-0.2, 0) is 5.41 Å². The quantitative estimate of drug-likeness (QED) is 0.229. The average molecular weight is 525 g/mol. The number of hydrogen-bond acceptors (Lipinski definition) is 1. The maximum atomic E-state index is 3.85. The summed E-state index contributed by atoms with van der Waals surface area (Å²) >= 11 is 0. The molecule has 7 aromatic rings. The van der Waals surface area contributed by atoms with E-state index in [4.69, 9.17) is 0 Å². The summed E-state index contributed by atoms with van der Waals surface area (Å²) in [6, 6.07) is 56.1. The van der Waals surface area contributed by atoms with Crippen LogP contribution in [0.5, 0.6) is 0 Å². The van der Waals surface area contributed by atoms with Crippen molar-refractivity contribution in [1.82, 2.24) is 9.88 Å². The number of para-hydroxylation sites is 1. The van der Waals surface area contributed by atoms with Crippen LogP contribution in [0.1, 0.15) is 40.0 Å². The van der Waals surface area contributed by atoms with Crippen LogP contribution in [0.4, 0.5) is 0 Å². The minimum atomic E-state index is -0.447. The summed E-state index contributed by atoms with van der Waals surface area (Å²) in [7, 11) is 0. The van der Waals surface area contributed by atoms with Crippen molar-refractivity contribution in [1.29, 1.82) is 0 Å². The molecule has 41 heavy (non-hydrogen) atoms. The van der Waals surface area contributed by atoms with E-state index >= 15 is 0 Å². The summed E-state index contributed by atoms with van der Waals surface area (Å²) < 4.78 is 2.60. The molecule has 0 radical (unpaired) electrons. The van der Waals surface area contributed by atoms with Gasteiger partial charge in [-0.25, -0.2) is 0 Å². The van der Waals surface area contributed by atoms with Gasteiger partial charge in [0.1, 0.15) is 6.17 Å². The Morgan fingerprint density at radius 1 is 0.512 bits per heavy atom. The highest BCUT2D eigenvalue weighted by Crippen LogP contribution is 2.59. The molecular formula is C39H28N2. The average Bonchev–Trinajstić information content (AvgIpc) is 3.68. The largest absolute Gasteiger partial charge is 0.322 e. The molecule has 1 aliphatic heterocycles. The Labute approximate surface area is 239 Å². The Balaban J connectivity index is 1.46. The van der Waals surface area contributed by atoms with Gasteiger partial charge in [-0.15, -0.1) is 0 Å². The second-order valence-electron chi connectivity index (χ2n) is 11.3. The Bertz CT molecular complexity index is 2030. The summed E-state index contributed by atoms with van der Waals surface area (Å²) in [5.41, 5.74) is 11.4. The third kappa shape index (κ3) is 3.06. The van der Waals surface area contributed by atoms with Gasteiger partial charge in [0.05, 0.1) is 22.5 Å². The lowest BCUT2D eigenvalue weighted by atomic mass is 9.67. The SMILES string of the molecule is c1ccc(C2NC2n2c3ccccc3c3ccc4c(c32)C(c2ccccc2)(c2ccccc2)c2ccccc2-4)cc1. The van der Waals surface area contributed by atoms with Gasteiger partial charge in [0.2, 0.25) is 0 Å². The monoisotopic (exact) mass is 524 g/mol. The molecule has 2 nitrogen and oxygen atoms in total. The van der Waals surface area contributed by atoms with Crippen molar-refractivity contribution in [3.63, 3.8) is 0 Å². The molecule has 0 bridgehead atoms. The second-order valence-corrected chi connectivity index (χ2v) is 11.3. The first-order valence-electron chi connectivity index (χ1n) is 14.5. The molecule has 2 aliphatic rings. The number of rotatable bonds is 4. The zero-order chi connectivity index (χ0) is 27.0. The van der Waals surface area contributed by atoms with Gasteiger partial charge in [0.15, 0.2) is 0 Å². The van der Waals surface area contributed by atoms with Gasteiger partial charge in [-0.1, -0.05) is 146 Å². The smallest absolute Gasteiger partial charge is 0.105 e. The Kier molecular flexibility index (Phi) is 4.76. The fourth-order valence-corrected chi connectivity index (χ4v) is 7.60. The van der Waals surface area contributed by atoms with Crippen LogP contribution < -0.4 is 5.32 Å². The predicted octanol–water partition coefficient (Wildman–Crippen LogP) is 9.00. The topological polar surface area (TPSA) is 26.9 Å². The van der Waals surface area contributed by atoms with Crippen LogP contribution in [0, 0.1) is 0 Å². The van der Waals surface area contributed by atoms with Crippen molar-refractivity contribution < 1.29 is 0 Å². The molecule has 0 amide bonds. The number of benzene rings is 6. The first kappa shape index (κ1) is 22.9. The number of hydrogen-bond donors (Lipinski definition) is 1. The van der Waals surface area contributed by atoms with Crippen molar-refractivity contribution in [3.8, 4) is 11.1 Å². The molecule has 9 rings (SSSR count). The highest BCUT2D eigenvalue weighted by molar-refractivity contribution is 6.13. The molecule has 194 valence electrons. The molecule has 1 aromatic heterocycles. The van der Waals surface area contributed by atoms with Crippen LogP contribution in [0.25, 0.3) is 32.9 Å². The van der Waals surface area contributed by atoms with E-state index in [2.05, 4.69) is 162 Å². The van der Waals surface area contributed by atoms with Crippen LogP contribution in [0.3, 0.4) is 0 Å². The molecule has 1 fully saturated rings. The number of nitrogens with one attached hydrogen (secondary N) is 1. The maximum absolute atomic E-state index is 3.85. The second kappa shape index (κ2) is 8.54. The third-order valence-corrected chi connectivity index (χ3v) is 9.28. The van der Waals surface area contributed by atoms with Crippen molar-refractivity contribution in [3.05, 3.63) is 179 Å². The molecule has 0 saturated carbocycles.